The van der Waals surface area contributed by atoms with Gasteiger partial charge in [-0.05, 0) is 83.9 Å². The van der Waals surface area contributed by atoms with Gasteiger partial charge in [0.25, 0.3) is 0 Å². The molecule has 0 aliphatic rings. The fraction of sp³-hybridized carbons (Fsp3) is 0.406. The first-order valence-corrected chi connectivity index (χ1v) is 11.5. The highest BCUT2D eigenvalue weighted by Crippen LogP contribution is 2.34. The number of benzene rings is 2. The lowest BCUT2D eigenvalue weighted by molar-refractivity contribution is 0.584. The van der Waals surface area contributed by atoms with Crippen molar-refractivity contribution in [3.63, 3.8) is 0 Å². The highest BCUT2D eigenvalue weighted by molar-refractivity contribution is 5.61. The molecule has 172 valence electrons. The van der Waals surface area contributed by atoms with E-state index in [0.29, 0.717) is 0 Å². The van der Waals surface area contributed by atoms with Crippen molar-refractivity contribution in [3.8, 4) is 0 Å². The number of hydrogen-bond acceptors (Lipinski definition) is 0. The van der Waals surface area contributed by atoms with Crippen molar-refractivity contribution in [2.24, 2.45) is 0 Å². The van der Waals surface area contributed by atoms with Crippen LogP contribution in [0.25, 0.3) is 6.08 Å². The lowest BCUT2D eigenvalue weighted by Gasteiger charge is -2.27. The van der Waals surface area contributed by atoms with E-state index in [1.807, 2.05) is 13.0 Å². The van der Waals surface area contributed by atoms with Gasteiger partial charge in [-0.3, -0.25) is 0 Å². The summed E-state index contributed by atoms with van der Waals surface area (Å²) < 4.78 is 0. The molecule has 2 aromatic carbocycles. The smallest absolute Gasteiger partial charge is 0.00168 e. The Morgan fingerprint density at radius 3 is 1.66 bits per heavy atom. The predicted molar refractivity (Wildman–Crippen MR) is 146 cm³/mol. The topological polar surface area (TPSA) is 0 Å². The summed E-state index contributed by atoms with van der Waals surface area (Å²) in [4.78, 5) is 0. The molecule has 0 N–H and O–H groups in total. The summed E-state index contributed by atoms with van der Waals surface area (Å²) in [7, 11) is 0. The van der Waals surface area contributed by atoms with E-state index in [0.717, 1.165) is 12.0 Å². The van der Waals surface area contributed by atoms with E-state index in [2.05, 4.69) is 112 Å². The van der Waals surface area contributed by atoms with E-state index in [-0.39, 0.29) is 10.8 Å². The predicted octanol–water partition coefficient (Wildman–Crippen LogP) is 9.34. The van der Waals surface area contributed by atoms with E-state index in [1.165, 1.54) is 44.5 Å². The average molecular weight is 429 g/mol. The Morgan fingerprint density at radius 2 is 1.28 bits per heavy atom. The van der Waals surface area contributed by atoms with Crippen LogP contribution in [-0.2, 0) is 17.3 Å². The van der Waals surface area contributed by atoms with Gasteiger partial charge < -0.3 is 0 Å². The molecule has 0 saturated heterocycles. The van der Waals surface area contributed by atoms with Crippen molar-refractivity contribution in [1.29, 1.82) is 0 Å². The Bertz CT molecular complexity index is 1020. The first kappa shape index (κ1) is 27.5. The van der Waals surface area contributed by atoms with Crippen LogP contribution in [-0.4, -0.2) is 0 Å². The Kier molecular flexibility index (Phi) is 9.31. The fourth-order valence-electron chi connectivity index (χ4n) is 4.05. The normalized spacial score (nSPS) is 11.2. The zero-order valence-corrected chi connectivity index (χ0v) is 22.3. The van der Waals surface area contributed by atoms with Crippen molar-refractivity contribution in [2.45, 2.75) is 86.5 Å². The van der Waals surface area contributed by atoms with Crippen LogP contribution in [0.1, 0.15) is 93.0 Å². The van der Waals surface area contributed by atoms with Crippen molar-refractivity contribution in [3.05, 3.63) is 106 Å². The summed E-state index contributed by atoms with van der Waals surface area (Å²) in [5.74, 6) is 0. The van der Waals surface area contributed by atoms with E-state index >= 15 is 0 Å². The van der Waals surface area contributed by atoms with Crippen LogP contribution in [0.2, 0.25) is 0 Å². The SMILES string of the molecule is C=C=C(C)C=C.C=Cc1c(Cc2cc(C)cc(C(C)(C)C)c2C)cc(C)cc1C(C)(C)C. The molecule has 0 nitrogen and oxygen atoms in total. The highest BCUT2D eigenvalue weighted by Gasteiger charge is 2.22. The molecule has 0 aliphatic heterocycles. The van der Waals surface area contributed by atoms with Gasteiger partial charge in [0.15, 0.2) is 0 Å². The molecule has 32 heavy (non-hydrogen) atoms. The van der Waals surface area contributed by atoms with Gasteiger partial charge in [0.05, 0.1) is 0 Å². The van der Waals surface area contributed by atoms with Gasteiger partial charge in [-0.25, -0.2) is 0 Å². The van der Waals surface area contributed by atoms with Crippen LogP contribution in [0.5, 0.6) is 0 Å². The van der Waals surface area contributed by atoms with Crippen molar-refractivity contribution < 1.29 is 0 Å². The molecule has 0 fully saturated rings. The second-order valence-electron chi connectivity index (χ2n) is 10.9. The Labute approximate surface area is 198 Å². The standard InChI is InChI=1S/C26H36.C6H8/c1-11-22-21(13-18(3)15-24(22)26(8,9)10)16-20-12-17(2)14-23(19(20)4)25(5,6)7;1-4-6(3)5-2/h11-15H,1,16H2,2-10H3;4H,1-2H2,3H3. The fourth-order valence-corrected chi connectivity index (χ4v) is 4.05. The third-order valence-electron chi connectivity index (χ3n) is 5.86. The number of allylic oxidation sites excluding steroid dienone is 2. The quantitative estimate of drug-likeness (QED) is 0.336. The van der Waals surface area contributed by atoms with Crippen LogP contribution in [0.4, 0.5) is 0 Å². The van der Waals surface area contributed by atoms with Gasteiger partial charge in [-0.1, -0.05) is 109 Å². The van der Waals surface area contributed by atoms with E-state index in [1.54, 1.807) is 6.08 Å². The molecule has 0 saturated carbocycles. The van der Waals surface area contributed by atoms with Crippen LogP contribution in [0.15, 0.2) is 61.4 Å². The van der Waals surface area contributed by atoms with Gasteiger partial charge in [-0.2, -0.15) is 0 Å². The molecular weight excluding hydrogens is 384 g/mol. The van der Waals surface area contributed by atoms with E-state index in [4.69, 9.17) is 0 Å². The summed E-state index contributed by atoms with van der Waals surface area (Å²) in [5, 5.41) is 0. The minimum atomic E-state index is 0.114. The average Bonchev–Trinajstić information content (AvgIpc) is 2.68. The second kappa shape index (κ2) is 10.8. The zero-order valence-electron chi connectivity index (χ0n) is 22.3. The summed E-state index contributed by atoms with van der Waals surface area (Å²) in [6.07, 6.45) is 4.72. The number of aryl methyl sites for hydroxylation is 2. The van der Waals surface area contributed by atoms with E-state index in [9.17, 15) is 0 Å². The molecule has 0 aromatic heterocycles. The first-order valence-electron chi connectivity index (χ1n) is 11.5. The molecule has 0 heterocycles. The maximum Gasteiger partial charge on any atom is -0.00168 e. The maximum absolute atomic E-state index is 4.13. The monoisotopic (exact) mass is 428 g/mol. The molecule has 0 aliphatic carbocycles. The summed E-state index contributed by atoms with van der Waals surface area (Å²) in [6, 6.07) is 9.37. The molecule has 2 rings (SSSR count). The van der Waals surface area contributed by atoms with Crippen LogP contribution >= 0.6 is 0 Å². The minimum Gasteiger partial charge on any atom is -0.126 e. The number of hydrogen-bond donors (Lipinski definition) is 0. The molecule has 0 bridgehead atoms. The van der Waals surface area contributed by atoms with Gasteiger partial charge in [0.1, 0.15) is 0 Å². The van der Waals surface area contributed by atoms with Gasteiger partial charge in [0, 0.05) is 0 Å². The van der Waals surface area contributed by atoms with Crippen molar-refractivity contribution in [1.82, 2.24) is 0 Å². The molecular formula is C32H44. The summed E-state index contributed by atoms with van der Waals surface area (Å²) >= 11 is 0. The third kappa shape index (κ3) is 7.25. The molecule has 0 spiro atoms. The Balaban J connectivity index is 0.000000751. The minimum absolute atomic E-state index is 0.114. The summed E-state index contributed by atoms with van der Waals surface area (Å²) in [5.41, 5.74) is 15.0. The van der Waals surface area contributed by atoms with Crippen molar-refractivity contribution >= 4 is 6.08 Å². The molecule has 0 unspecified atom stereocenters. The lowest BCUT2D eigenvalue weighted by Crippen LogP contribution is -2.16. The molecule has 0 amide bonds. The largest absolute Gasteiger partial charge is 0.126 e. The molecule has 2 aromatic rings. The molecule has 0 radical (unpaired) electrons. The third-order valence-corrected chi connectivity index (χ3v) is 5.86. The van der Waals surface area contributed by atoms with Crippen LogP contribution < -0.4 is 0 Å². The first-order chi connectivity index (χ1) is 14.6. The van der Waals surface area contributed by atoms with Gasteiger partial charge in [-0.15, -0.1) is 5.73 Å². The van der Waals surface area contributed by atoms with Gasteiger partial charge >= 0.3 is 0 Å². The van der Waals surface area contributed by atoms with E-state index < -0.39 is 0 Å². The van der Waals surface area contributed by atoms with Crippen molar-refractivity contribution in [2.75, 3.05) is 0 Å². The highest BCUT2D eigenvalue weighted by atomic mass is 14.3. The Hall–Kier alpha value is -2.56. The van der Waals surface area contributed by atoms with Gasteiger partial charge in [0.2, 0.25) is 0 Å². The second-order valence-corrected chi connectivity index (χ2v) is 10.9. The number of rotatable bonds is 4. The molecule has 0 atom stereocenters. The van der Waals surface area contributed by atoms with Crippen LogP contribution in [0, 0.1) is 20.8 Å². The maximum atomic E-state index is 4.13. The summed E-state index contributed by atoms with van der Waals surface area (Å²) in [6.45, 7) is 33.4. The zero-order chi connectivity index (χ0) is 24.9. The molecule has 0 heteroatoms. The van der Waals surface area contributed by atoms with Crippen LogP contribution in [0.3, 0.4) is 0 Å². The lowest BCUT2D eigenvalue weighted by atomic mass is 9.78. The Morgan fingerprint density at radius 1 is 0.812 bits per heavy atom.